The van der Waals surface area contributed by atoms with Crippen LogP contribution in [0.4, 0.5) is 0 Å². The summed E-state index contributed by atoms with van der Waals surface area (Å²) in [4.78, 5) is 0.962. The van der Waals surface area contributed by atoms with Crippen LogP contribution in [0.1, 0.15) is 18.1 Å². The Labute approximate surface area is 129 Å². The molecule has 2 rings (SSSR count). The first-order valence-corrected chi connectivity index (χ1v) is 7.84. The van der Waals surface area contributed by atoms with Crippen LogP contribution in [0, 0.1) is 11.3 Å². The fourth-order valence-electron chi connectivity index (χ4n) is 2.03. The highest BCUT2D eigenvalue weighted by atomic mass is 32.2. The number of thioether (sulfide) groups is 1. The molecule has 21 heavy (non-hydrogen) atoms. The van der Waals surface area contributed by atoms with Crippen molar-refractivity contribution in [2.24, 2.45) is 0 Å². The second-order valence-electron chi connectivity index (χ2n) is 4.45. The molecule has 0 aliphatic carbocycles. The van der Waals surface area contributed by atoms with Crippen LogP contribution in [-0.2, 0) is 6.54 Å². The van der Waals surface area contributed by atoms with Crippen molar-refractivity contribution in [2.45, 2.75) is 18.4 Å². The monoisotopic (exact) mass is 298 g/mol. The van der Waals surface area contributed by atoms with Crippen LogP contribution in [0.2, 0.25) is 0 Å². The second kappa shape index (κ2) is 7.72. The van der Waals surface area contributed by atoms with Crippen LogP contribution >= 0.6 is 11.8 Å². The Morgan fingerprint density at radius 2 is 2.05 bits per heavy atom. The van der Waals surface area contributed by atoms with E-state index in [4.69, 9.17) is 4.74 Å². The summed E-state index contributed by atoms with van der Waals surface area (Å²) in [5, 5.41) is 12.5. The van der Waals surface area contributed by atoms with E-state index in [2.05, 4.69) is 18.3 Å². The molecule has 0 aromatic heterocycles. The summed E-state index contributed by atoms with van der Waals surface area (Å²) in [6.45, 7) is 2.86. The molecular weight excluding hydrogens is 280 g/mol. The number of ether oxygens (including phenoxy) is 1. The molecule has 0 atom stereocenters. The number of hydrogen-bond donors (Lipinski definition) is 1. The first-order chi connectivity index (χ1) is 10.3. The molecule has 2 aromatic carbocycles. The highest BCUT2D eigenvalue weighted by molar-refractivity contribution is 7.99. The number of nitrogens with one attached hydrogen (secondary N) is 1. The van der Waals surface area contributed by atoms with Gasteiger partial charge in [0.05, 0.1) is 0 Å². The molecule has 0 aliphatic rings. The predicted octanol–water partition coefficient (Wildman–Crippen LogP) is 4.18. The number of benzene rings is 2. The summed E-state index contributed by atoms with van der Waals surface area (Å²) in [5.74, 6) is 2.28. The highest BCUT2D eigenvalue weighted by Gasteiger charge is 2.10. The largest absolute Gasteiger partial charge is 0.456 e. The standard InChI is InChI=1S/C17H18N2OS/c1-3-21-17-9-5-8-16(15(17)11-18)20-14-7-4-6-13(10-14)12-19-2/h4-10,19H,3,12H2,1-2H3. The summed E-state index contributed by atoms with van der Waals surface area (Å²) in [6.07, 6.45) is 0. The number of rotatable bonds is 6. The van der Waals surface area contributed by atoms with Gasteiger partial charge in [-0.1, -0.05) is 25.1 Å². The zero-order chi connectivity index (χ0) is 15.1. The lowest BCUT2D eigenvalue weighted by Crippen LogP contribution is -2.04. The summed E-state index contributed by atoms with van der Waals surface area (Å²) >= 11 is 1.65. The molecule has 0 spiro atoms. The molecule has 0 saturated carbocycles. The minimum Gasteiger partial charge on any atom is -0.456 e. The van der Waals surface area contributed by atoms with Crippen LogP contribution in [0.25, 0.3) is 0 Å². The first-order valence-electron chi connectivity index (χ1n) is 6.85. The van der Waals surface area contributed by atoms with E-state index in [1.165, 1.54) is 0 Å². The fourth-order valence-corrected chi connectivity index (χ4v) is 2.81. The van der Waals surface area contributed by atoms with Crippen molar-refractivity contribution in [3.63, 3.8) is 0 Å². The maximum absolute atomic E-state index is 9.39. The SMILES string of the molecule is CCSc1cccc(Oc2cccc(CNC)c2)c1C#N. The quantitative estimate of drug-likeness (QED) is 0.813. The molecule has 108 valence electrons. The lowest BCUT2D eigenvalue weighted by Gasteiger charge is -2.11. The Hall–Kier alpha value is -1.96. The summed E-state index contributed by atoms with van der Waals surface area (Å²) in [7, 11) is 1.91. The fraction of sp³-hybridized carbons (Fsp3) is 0.235. The highest BCUT2D eigenvalue weighted by Crippen LogP contribution is 2.32. The van der Waals surface area contributed by atoms with Crippen LogP contribution in [0.3, 0.4) is 0 Å². The van der Waals surface area contributed by atoms with Crippen molar-refractivity contribution in [3.05, 3.63) is 53.6 Å². The van der Waals surface area contributed by atoms with Gasteiger partial charge in [0.25, 0.3) is 0 Å². The van der Waals surface area contributed by atoms with Gasteiger partial charge < -0.3 is 10.1 Å². The van der Waals surface area contributed by atoms with Crippen molar-refractivity contribution < 1.29 is 4.74 Å². The van der Waals surface area contributed by atoms with E-state index in [-0.39, 0.29) is 0 Å². The van der Waals surface area contributed by atoms with Gasteiger partial charge in [0.15, 0.2) is 0 Å². The molecule has 4 heteroatoms. The van der Waals surface area contributed by atoms with Crippen molar-refractivity contribution in [1.29, 1.82) is 5.26 Å². The third-order valence-corrected chi connectivity index (χ3v) is 3.85. The van der Waals surface area contributed by atoms with Crippen molar-refractivity contribution >= 4 is 11.8 Å². The van der Waals surface area contributed by atoms with Gasteiger partial charge in [0, 0.05) is 11.4 Å². The van der Waals surface area contributed by atoms with Crippen molar-refractivity contribution in [3.8, 4) is 17.6 Å². The molecule has 0 radical (unpaired) electrons. The second-order valence-corrected chi connectivity index (χ2v) is 5.76. The van der Waals surface area contributed by atoms with Gasteiger partial charge in [-0.05, 0) is 42.6 Å². The van der Waals surface area contributed by atoms with Gasteiger partial charge in [-0.3, -0.25) is 0 Å². The third kappa shape index (κ3) is 4.01. The number of nitriles is 1. The molecule has 3 nitrogen and oxygen atoms in total. The van der Waals surface area contributed by atoms with Crippen molar-refractivity contribution in [2.75, 3.05) is 12.8 Å². The van der Waals surface area contributed by atoms with E-state index >= 15 is 0 Å². The Kier molecular flexibility index (Phi) is 5.68. The minimum atomic E-state index is 0.600. The lowest BCUT2D eigenvalue weighted by atomic mass is 10.2. The van der Waals surface area contributed by atoms with E-state index in [0.29, 0.717) is 11.3 Å². The van der Waals surface area contributed by atoms with Crippen molar-refractivity contribution in [1.82, 2.24) is 5.32 Å². The molecule has 1 N–H and O–H groups in total. The average Bonchev–Trinajstić information content (AvgIpc) is 2.49. The van der Waals surface area contributed by atoms with Gasteiger partial charge >= 0.3 is 0 Å². The van der Waals surface area contributed by atoms with Crippen LogP contribution in [0.15, 0.2) is 47.4 Å². The molecule has 0 bridgehead atoms. The minimum absolute atomic E-state index is 0.600. The van der Waals surface area contributed by atoms with E-state index in [1.807, 2.05) is 49.5 Å². The number of hydrogen-bond acceptors (Lipinski definition) is 4. The summed E-state index contributed by atoms with van der Waals surface area (Å²) < 4.78 is 5.91. The van der Waals surface area contributed by atoms with Gasteiger partial charge in [0.1, 0.15) is 23.1 Å². The Morgan fingerprint density at radius 3 is 2.76 bits per heavy atom. The normalized spacial score (nSPS) is 10.1. The van der Waals surface area contributed by atoms with Gasteiger partial charge in [0.2, 0.25) is 0 Å². The van der Waals surface area contributed by atoms with E-state index in [9.17, 15) is 5.26 Å². The smallest absolute Gasteiger partial charge is 0.146 e. The molecule has 0 fully saturated rings. The van der Waals surface area contributed by atoms with Crippen LogP contribution in [0.5, 0.6) is 11.5 Å². The molecule has 0 saturated heterocycles. The predicted molar refractivity (Wildman–Crippen MR) is 86.8 cm³/mol. The summed E-state index contributed by atoms with van der Waals surface area (Å²) in [6, 6.07) is 15.8. The van der Waals surface area contributed by atoms with Gasteiger partial charge in [-0.25, -0.2) is 0 Å². The summed E-state index contributed by atoms with van der Waals surface area (Å²) in [5.41, 5.74) is 1.75. The van der Waals surface area contributed by atoms with Crippen LogP contribution in [-0.4, -0.2) is 12.8 Å². The van der Waals surface area contributed by atoms with E-state index in [0.717, 1.165) is 28.5 Å². The zero-order valence-electron chi connectivity index (χ0n) is 12.2. The lowest BCUT2D eigenvalue weighted by molar-refractivity contribution is 0.478. The van der Waals surface area contributed by atoms with E-state index in [1.54, 1.807) is 11.8 Å². The Balaban J connectivity index is 2.29. The molecular formula is C17H18N2OS. The van der Waals surface area contributed by atoms with E-state index < -0.39 is 0 Å². The average molecular weight is 298 g/mol. The van der Waals surface area contributed by atoms with Crippen LogP contribution < -0.4 is 10.1 Å². The maximum atomic E-state index is 9.39. The topological polar surface area (TPSA) is 45.0 Å². The molecule has 0 heterocycles. The maximum Gasteiger partial charge on any atom is 0.146 e. The van der Waals surface area contributed by atoms with Gasteiger partial charge in [-0.2, -0.15) is 5.26 Å². The molecule has 0 unspecified atom stereocenters. The number of nitrogens with zero attached hydrogens (tertiary/aromatic N) is 1. The Bertz CT molecular complexity index is 649. The molecule has 2 aromatic rings. The van der Waals surface area contributed by atoms with Gasteiger partial charge in [-0.15, -0.1) is 11.8 Å². The first kappa shape index (κ1) is 15.4. The Morgan fingerprint density at radius 1 is 1.24 bits per heavy atom. The molecule has 0 aliphatic heterocycles. The third-order valence-electron chi connectivity index (χ3n) is 2.91. The molecule has 0 amide bonds. The zero-order valence-corrected chi connectivity index (χ0v) is 13.0.